The van der Waals surface area contributed by atoms with E-state index in [1.165, 1.54) is 154 Å². The number of rotatable bonds is 36. The molecule has 0 aromatic heterocycles. The summed E-state index contributed by atoms with van der Waals surface area (Å²) in [7, 11) is -4.23. The minimum Gasteiger partial charge on any atom is -1.00 e. The van der Waals surface area contributed by atoms with Gasteiger partial charge < -0.3 is 33.0 Å². The van der Waals surface area contributed by atoms with E-state index in [2.05, 4.69) is 58.1 Å². The first kappa shape index (κ1) is 48.9. The van der Waals surface area contributed by atoms with Crippen LogP contribution in [0.1, 0.15) is 194 Å². The van der Waals surface area contributed by atoms with Crippen molar-refractivity contribution in [1.82, 2.24) is 0 Å². The summed E-state index contributed by atoms with van der Waals surface area (Å²) in [5, 5.41) is 0. The largest absolute Gasteiger partial charge is 1.00 e. The van der Waals surface area contributed by atoms with Crippen molar-refractivity contribution in [2.45, 2.75) is 194 Å². The monoisotopic (exact) mass is 798 g/mol. The molecule has 46 heavy (non-hydrogen) atoms. The molecule has 0 amide bonds. The Morgan fingerprint density at radius 3 is 0.978 bits per heavy atom. The van der Waals surface area contributed by atoms with Crippen molar-refractivity contribution in [3.05, 3.63) is 24.3 Å². The van der Waals surface area contributed by atoms with Crippen molar-refractivity contribution >= 4 is 14.9 Å². The van der Waals surface area contributed by atoms with E-state index in [-0.39, 0.29) is 24.0 Å². The zero-order valence-corrected chi connectivity index (χ0v) is 35.7. The van der Waals surface area contributed by atoms with Crippen LogP contribution in [-0.4, -0.2) is 39.1 Å². The molecule has 0 radical (unpaired) electrons. The SMILES string of the molecule is CCCCCCCC/C=C\CCCCCCCCOP(=O)(C[P+](C)(C)C)OCCCCCCCC/C=C\CCCCCCCC.[I-]. The number of hydrogen-bond acceptors (Lipinski definition) is 3. The fourth-order valence-corrected chi connectivity index (χ4v) is 11.4. The Morgan fingerprint density at radius 2 is 0.696 bits per heavy atom. The molecule has 276 valence electrons. The van der Waals surface area contributed by atoms with E-state index in [9.17, 15) is 4.57 Å². The fraction of sp³-hybridized carbons (Fsp3) is 0.900. The van der Waals surface area contributed by atoms with Crippen LogP contribution in [0.5, 0.6) is 0 Å². The summed E-state index contributed by atoms with van der Waals surface area (Å²) in [6.45, 7) is 12.4. The molecule has 0 heterocycles. The lowest BCUT2D eigenvalue weighted by atomic mass is 10.1. The maximum Gasteiger partial charge on any atom is 0.367 e. The van der Waals surface area contributed by atoms with E-state index in [1.807, 2.05) is 0 Å². The second kappa shape index (κ2) is 37.1. The highest BCUT2D eigenvalue weighted by Crippen LogP contribution is 2.64. The molecule has 0 fully saturated rings. The lowest BCUT2D eigenvalue weighted by Gasteiger charge is -2.22. The van der Waals surface area contributed by atoms with Crippen LogP contribution in [0.4, 0.5) is 0 Å². The summed E-state index contributed by atoms with van der Waals surface area (Å²) in [6.07, 6.45) is 45.8. The van der Waals surface area contributed by atoms with Crippen molar-refractivity contribution in [2.75, 3.05) is 39.1 Å². The highest BCUT2D eigenvalue weighted by Gasteiger charge is 2.35. The molecule has 0 saturated carbocycles. The first-order valence-corrected chi connectivity index (χ1v) is 24.9. The van der Waals surface area contributed by atoms with Gasteiger partial charge in [-0.2, -0.15) is 0 Å². The highest BCUT2D eigenvalue weighted by atomic mass is 127. The van der Waals surface area contributed by atoms with Gasteiger partial charge in [-0.1, -0.05) is 154 Å². The molecular formula is C40H81IO3P2. The number of halogens is 1. The van der Waals surface area contributed by atoms with Crippen LogP contribution in [0, 0.1) is 0 Å². The van der Waals surface area contributed by atoms with Gasteiger partial charge in [-0.3, -0.25) is 4.57 Å². The van der Waals surface area contributed by atoms with Crippen LogP contribution in [0.25, 0.3) is 0 Å². The number of hydrogen-bond donors (Lipinski definition) is 0. The molecule has 0 aromatic carbocycles. The topological polar surface area (TPSA) is 35.5 Å². The van der Waals surface area contributed by atoms with Crippen molar-refractivity contribution in [3.63, 3.8) is 0 Å². The molecular weight excluding hydrogens is 717 g/mol. The predicted molar refractivity (Wildman–Crippen MR) is 208 cm³/mol. The third-order valence-corrected chi connectivity index (χ3v) is 14.4. The van der Waals surface area contributed by atoms with E-state index in [4.69, 9.17) is 9.05 Å². The molecule has 0 saturated heterocycles. The molecule has 0 rings (SSSR count). The molecule has 0 aromatic rings. The van der Waals surface area contributed by atoms with E-state index in [1.54, 1.807) is 0 Å². The zero-order chi connectivity index (χ0) is 33.2. The van der Waals surface area contributed by atoms with Gasteiger partial charge in [0.1, 0.15) is 0 Å². The maximum absolute atomic E-state index is 13.5. The smallest absolute Gasteiger partial charge is 0.367 e. The predicted octanol–water partition coefficient (Wildman–Crippen LogP) is 12.2. The van der Waals surface area contributed by atoms with Gasteiger partial charge in [0, 0.05) is 27.3 Å². The van der Waals surface area contributed by atoms with Crippen LogP contribution >= 0.6 is 14.9 Å². The fourth-order valence-electron chi connectivity index (χ4n) is 5.74. The molecule has 0 aliphatic carbocycles. The molecule has 0 aliphatic rings. The van der Waals surface area contributed by atoms with Gasteiger partial charge in [0.25, 0.3) is 0 Å². The summed E-state index contributed by atoms with van der Waals surface area (Å²) >= 11 is 0. The second-order valence-electron chi connectivity index (χ2n) is 14.6. The Labute approximate surface area is 308 Å². The Kier molecular flexibility index (Phi) is 39.4. The third-order valence-electron chi connectivity index (χ3n) is 8.49. The highest BCUT2D eigenvalue weighted by molar-refractivity contribution is 7.83. The third kappa shape index (κ3) is 39.2. The zero-order valence-electron chi connectivity index (χ0n) is 31.7. The molecule has 0 unspecified atom stereocenters. The van der Waals surface area contributed by atoms with Gasteiger partial charge in [-0.05, 0) is 64.2 Å². The molecule has 0 N–H and O–H groups in total. The lowest BCUT2D eigenvalue weighted by Crippen LogP contribution is -3.00. The van der Waals surface area contributed by atoms with Crippen LogP contribution in [-0.2, 0) is 13.6 Å². The number of allylic oxidation sites excluding steroid dienone is 4. The quantitative estimate of drug-likeness (QED) is 0.0274. The number of unbranched alkanes of at least 4 members (excludes halogenated alkanes) is 24. The van der Waals surface area contributed by atoms with E-state index in [0.29, 0.717) is 19.1 Å². The molecule has 3 nitrogen and oxygen atoms in total. The summed E-state index contributed by atoms with van der Waals surface area (Å²) in [6, 6.07) is 0. The van der Waals surface area contributed by atoms with Crippen LogP contribution in [0.2, 0.25) is 0 Å². The Balaban J connectivity index is 0. The van der Waals surface area contributed by atoms with Gasteiger partial charge in [-0.15, -0.1) is 0 Å². The first-order valence-electron chi connectivity index (χ1n) is 19.8. The van der Waals surface area contributed by atoms with E-state index < -0.39 is 14.9 Å². The van der Waals surface area contributed by atoms with Crippen molar-refractivity contribution in [1.29, 1.82) is 0 Å². The van der Waals surface area contributed by atoms with Crippen LogP contribution in [0.15, 0.2) is 24.3 Å². The lowest BCUT2D eigenvalue weighted by molar-refractivity contribution is -0.0000149. The van der Waals surface area contributed by atoms with Gasteiger partial charge in [0.05, 0.1) is 13.2 Å². The van der Waals surface area contributed by atoms with Crippen LogP contribution in [0.3, 0.4) is 0 Å². The minimum atomic E-state index is -2.99. The summed E-state index contributed by atoms with van der Waals surface area (Å²) in [4.78, 5) is 0. The summed E-state index contributed by atoms with van der Waals surface area (Å²) in [5.74, 6) is 0.610. The molecule has 0 aliphatic heterocycles. The Bertz CT molecular complexity index is 657. The average Bonchev–Trinajstić information content (AvgIpc) is 2.99. The van der Waals surface area contributed by atoms with Crippen molar-refractivity contribution in [2.24, 2.45) is 0 Å². The average molecular weight is 799 g/mol. The summed E-state index contributed by atoms with van der Waals surface area (Å²) in [5.41, 5.74) is 0. The Morgan fingerprint density at radius 1 is 0.435 bits per heavy atom. The summed E-state index contributed by atoms with van der Waals surface area (Å²) < 4.78 is 25.5. The standard InChI is InChI=1S/C40H81O3P2.HI/c1-6-8-10-12-14-16-18-20-22-24-26-28-30-32-34-36-38-42-45(41,40-44(3,4)5)43-39-37-35-33-31-29-27-25-23-21-19-17-15-13-11-9-7-2;/h20-23H,6-19,24-40H2,1-5H3;1H/q+1;/p-1/b22-20-,23-21-;. The van der Waals surface area contributed by atoms with E-state index >= 15 is 0 Å². The first-order chi connectivity index (χ1) is 21.8. The Hall–Kier alpha value is 0.790. The van der Waals surface area contributed by atoms with Gasteiger partial charge in [0.2, 0.25) is 0 Å². The van der Waals surface area contributed by atoms with Crippen molar-refractivity contribution < 1.29 is 37.6 Å². The normalized spacial score (nSPS) is 12.5. The van der Waals surface area contributed by atoms with E-state index in [0.717, 1.165) is 25.7 Å². The molecule has 0 bridgehead atoms. The molecule has 0 spiro atoms. The van der Waals surface area contributed by atoms with Gasteiger partial charge in [0.15, 0.2) is 5.90 Å². The minimum absolute atomic E-state index is 0. The van der Waals surface area contributed by atoms with Crippen LogP contribution < -0.4 is 24.0 Å². The molecule has 6 heteroatoms. The molecule has 0 atom stereocenters. The van der Waals surface area contributed by atoms with Gasteiger partial charge in [-0.25, -0.2) is 0 Å². The maximum atomic E-state index is 13.5. The van der Waals surface area contributed by atoms with Gasteiger partial charge >= 0.3 is 7.60 Å². The second-order valence-corrected chi connectivity index (χ2v) is 22.0. The van der Waals surface area contributed by atoms with Crippen molar-refractivity contribution in [3.8, 4) is 0 Å².